The highest BCUT2D eigenvalue weighted by Crippen LogP contribution is 2.21. The molecule has 1 unspecified atom stereocenters. The van der Waals surface area contributed by atoms with E-state index >= 15 is 0 Å². The molecule has 0 radical (unpaired) electrons. The molecular weight excluding hydrogens is 318 g/mol. The minimum atomic E-state index is -2.97. The molecule has 2 N–H and O–H groups in total. The second-order valence-corrected chi connectivity index (χ2v) is 8.74. The number of ether oxygens (including phenoxy) is 2. The highest BCUT2D eigenvalue weighted by Gasteiger charge is 2.24. The van der Waals surface area contributed by atoms with Gasteiger partial charge in [-0.2, -0.15) is 0 Å². The van der Waals surface area contributed by atoms with Crippen molar-refractivity contribution in [2.75, 3.05) is 52.0 Å². The van der Waals surface area contributed by atoms with E-state index in [-0.39, 0.29) is 23.9 Å². The summed E-state index contributed by atoms with van der Waals surface area (Å²) in [7, 11) is -1.27. The van der Waals surface area contributed by atoms with Crippen LogP contribution in [0.4, 0.5) is 0 Å². The molecule has 0 amide bonds. The van der Waals surface area contributed by atoms with Crippen molar-refractivity contribution in [1.82, 2.24) is 10.6 Å². The van der Waals surface area contributed by atoms with Gasteiger partial charge in [-0.15, -0.1) is 0 Å². The van der Waals surface area contributed by atoms with Gasteiger partial charge in [-0.3, -0.25) is 4.99 Å². The van der Waals surface area contributed by atoms with Gasteiger partial charge in [0.25, 0.3) is 0 Å². The molecule has 0 rings (SSSR count). The molecule has 0 fully saturated rings. The first-order chi connectivity index (χ1) is 10.6. The summed E-state index contributed by atoms with van der Waals surface area (Å²) in [6, 6.07) is 0. The van der Waals surface area contributed by atoms with Gasteiger partial charge in [0, 0.05) is 26.5 Å². The van der Waals surface area contributed by atoms with Crippen LogP contribution in [-0.4, -0.2) is 72.4 Å². The van der Waals surface area contributed by atoms with E-state index in [9.17, 15) is 8.42 Å². The summed E-state index contributed by atoms with van der Waals surface area (Å²) in [5.41, 5.74) is 0.0182. The fourth-order valence-corrected chi connectivity index (χ4v) is 2.19. The maximum atomic E-state index is 11.0. The summed E-state index contributed by atoms with van der Waals surface area (Å²) in [6.07, 6.45) is 1.23. The van der Waals surface area contributed by atoms with Crippen molar-refractivity contribution < 1.29 is 17.9 Å². The summed E-state index contributed by atoms with van der Waals surface area (Å²) in [6.45, 7) is 10.9. The van der Waals surface area contributed by atoms with Crippen LogP contribution in [-0.2, 0) is 19.3 Å². The van der Waals surface area contributed by atoms with Gasteiger partial charge < -0.3 is 20.1 Å². The lowest BCUT2D eigenvalue weighted by atomic mass is 9.89. The van der Waals surface area contributed by atoms with E-state index in [1.165, 1.54) is 6.26 Å². The zero-order valence-corrected chi connectivity index (χ0v) is 16.1. The van der Waals surface area contributed by atoms with Crippen LogP contribution in [0.5, 0.6) is 0 Å². The van der Waals surface area contributed by atoms with Crippen LogP contribution in [0.2, 0.25) is 0 Å². The Morgan fingerprint density at radius 3 is 2.35 bits per heavy atom. The molecule has 0 aromatic carbocycles. The van der Waals surface area contributed by atoms with Crippen molar-refractivity contribution in [1.29, 1.82) is 0 Å². The fourth-order valence-electron chi connectivity index (χ4n) is 1.77. The predicted octanol–water partition coefficient (Wildman–Crippen LogP) is 0.664. The Labute approximate surface area is 141 Å². The van der Waals surface area contributed by atoms with Crippen LogP contribution in [0.15, 0.2) is 4.99 Å². The van der Waals surface area contributed by atoms with Crippen LogP contribution in [0.3, 0.4) is 0 Å². The molecule has 138 valence electrons. The number of aliphatic imine (C=N–C) groups is 1. The van der Waals surface area contributed by atoms with Crippen molar-refractivity contribution >= 4 is 15.8 Å². The van der Waals surface area contributed by atoms with E-state index in [0.29, 0.717) is 25.7 Å². The van der Waals surface area contributed by atoms with Crippen molar-refractivity contribution in [3.63, 3.8) is 0 Å². The molecule has 0 heterocycles. The molecule has 7 nitrogen and oxygen atoms in total. The minimum absolute atomic E-state index is 0.0182. The third-order valence-electron chi connectivity index (χ3n) is 3.15. The number of hydrogen-bond acceptors (Lipinski definition) is 5. The monoisotopic (exact) mass is 351 g/mol. The number of methoxy groups -OCH3 is 1. The van der Waals surface area contributed by atoms with E-state index < -0.39 is 9.84 Å². The summed E-state index contributed by atoms with van der Waals surface area (Å²) in [5, 5.41) is 6.32. The van der Waals surface area contributed by atoms with Crippen LogP contribution in [0, 0.1) is 5.41 Å². The van der Waals surface area contributed by atoms with Gasteiger partial charge in [-0.25, -0.2) is 8.42 Å². The molecule has 0 aliphatic carbocycles. The average molecular weight is 352 g/mol. The predicted molar refractivity (Wildman–Crippen MR) is 94.8 cm³/mol. The molecule has 23 heavy (non-hydrogen) atoms. The van der Waals surface area contributed by atoms with Crippen LogP contribution >= 0.6 is 0 Å². The van der Waals surface area contributed by atoms with E-state index in [1.54, 1.807) is 7.11 Å². The van der Waals surface area contributed by atoms with E-state index in [0.717, 1.165) is 6.54 Å². The molecule has 8 heteroatoms. The summed E-state index contributed by atoms with van der Waals surface area (Å²) >= 11 is 0. The van der Waals surface area contributed by atoms with Crippen LogP contribution in [0.1, 0.15) is 27.7 Å². The Balaban J connectivity index is 4.22. The molecule has 1 atom stereocenters. The smallest absolute Gasteiger partial charge is 0.191 e. The Morgan fingerprint density at radius 1 is 1.22 bits per heavy atom. The van der Waals surface area contributed by atoms with Gasteiger partial charge in [-0.05, 0) is 12.3 Å². The van der Waals surface area contributed by atoms with Crippen molar-refractivity contribution in [2.45, 2.75) is 33.8 Å². The summed E-state index contributed by atoms with van der Waals surface area (Å²) in [4.78, 5) is 4.53. The number of hydrogen-bond donors (Lipinski definition) is 2. The van der Waals surface area contributed by atoms with E-state index in [1.807, 2.05) is 6.92 Å². The number of nitrogens with zero attached hydrogens (tertiary/aromatic N) is 1. The summed E-state index contributed by atoms with van der Waals surface area (Å²) < 4.78 is 32.7. The molecule has 0 aliphatic rings. The Kier molecular flexibility index (Phi) is 10.4. The summed E-state index contributed by atoms with van der Waals surface area (Å²) in [5.74, 6) is 0.743. The molecule has 0 spiro atoms. The van der Waals surface area contributed by atoms with E-state index in [2.05, 4.69) is 36.4 Å². The number of guanidine groups is 1. The standard InChI is InChI=1S/C15H33N3O4S/c1-7-16-14(18-12-13(21-5)15(2,3)4)17-8-9-22-10-11-23(6,19)20/h13H,7-12H2,1-6H3,(H2,16,17,18). The van der Waals surface area contributed by atoms with Crippen molar-refractivity contribution in [3.8, 4) is 0 Å². The largest absolute Gasteiger partial charge is 0.379 e. The quantitative estimate of drug-likeness (QED) is 0.341. The fraction of sp³-hybridized carbons (Fsp3) is 0.933. The lowest BCUT2D eigenvalue weighted by Crippen LogP contribution is -2.40. The lowest BCUT2D eigenvalue weighted by Gasteiger charge is -2.28. The van der Waals surface area contributed by atoms with Gasteiger partial charge in [0.2, 0.25) is 0 Å². The molecule has 0 saturated carbocycles. The van der Waals surface area contributed by atoms with Crippen molar-refractivity contribution in [3.05, 3.63) is 0 Å². The maximum absolute atomic E-state index is 11.0. The van der Waals surface area contributed by atoms with Gasteiger partial charge in [0.1, 0.15) is 9.84 Å². The first-order valence-electron chi connectivity index (χ1n) is 7.90. The topological polar surface area (TPSA) is 89.0 Å². The molecule has 0 saturated heterocycles. The molecule has 0 bridgehead atoms. The van der Waals surface area contributed by atoms with Crippen molar-refractivity contribution in [2.24, 2.45) is 10.4 Å². The molecular formula is C15H33N3O4S. The second kappa shape index (κ2) is 10.8. The van der Waals surface area contributed by atoms with Crippen LogP contribution < -0.4 is 10.6 Å². The Bertz CT molecular complexity index is 444. The highest BCUT2D eigenvalue weighted by atomic mass is 32.2. The van der Waals surface area contributed by atoms with Gasteiger partial charge in [0.05, 0.1) is 31.6 Å². The van der Waals surface area contributed by atoms with Crippen LogP contribution in [0.25, 0.3) is 0 Å². The van der Waals surface area contributed by atoms with Gasteiger partial charge >= 0.3 is 0 Å². The number of nitrogens with one attached hydrogen (secondary N) is 2. The van der Waals surface area contributed by atoms with E-state index in [4.69, 9.17) is 9.47 Å². The number of sulfone groups is 1. The average Bonchev–Trinajstić information content (AvgIpc) is 2.40. The Hall–Kier alpha value is -0.860. The maximum Gasteiger partial charge on any atom is 0.191 e. The van der Waals surface area contributed by atoms with Gasteiger partial charge in [0.15, 0.2) is 5.96 Å². The Morgan fingerprint density at radius 2 is 1.87 bits per heavy atom. The highest BCUT2D eigenvalue weighted by molar-refractivity contribution is 7.90. The zero-order valence-electron chi connectivity index (χ0n) is 15.3. The zero-order chi connectivity index (χ0) is 17.9. The molecule has 0 aromatic rings. The molecule has 0 aliphatic heterocycles. The lowest BCUT2D eigenvalue weighted by molar-refractivity contribution is 0.0241. The molecule has 0 aromatic heterocycles. The third kappa shape index (κ3) is 12.3. The minimum Gasteiger partial charge on any atom is -0.379 e. The SMILES string of the molecule is CCNC(=NCC(OC)C(C)(C)C)NCCOCCS(C)(=O)=O. The third-order valence-corrected chi connectivity index (χ3v) is 4.06. The normalized spacial score (nSPS) is 14.6. The first kappa shape index (κ1) is 22.1. The van der Waals surface area contributed by atoms with Gasteiger partial charge in [-0.1, -0.05) is 20.8 Å². The second-order valence-electron chi connectivity index (χ2n) is 6.48. The first-order valence-corrected chi connectivity index (χ1v) is 9.96. The number of rotatable bonds is 10.